The zero-order valence-corrected chi connectivity index (χ0v) is 13.7. The SMILES string of the molecule is CC(=O)CCCCCC(=O)c1ncc(Oc2ccccc2)cc1O. The third-order valence-electron chi connectivity index (χ3n) is 3.52. The van der Waals surface area contributed by atoms with E-state index in [1.807, 2.05) is 18.2 Å². The molecule has 2 aromatic rings. The number of Topliss-reactive ketones (excluding diaryl/α,β-unsaturated/α-hetero) is 2. The van der Waals surface area contributed by atoms with Gasteiger partial charge in [0.1, 0.15) is 28.7 Å². The largest absolute Gasteiger partial charge is 0.505 e. The Labute approximate surface area is 141 Å². The van der Waals surface area contributed by atoms with Gasteiger partial charge in [0.05, 0.1) is 6.20 Å². The molecule has 24 heavy (non-hydrogen) atoms. The van der Waals surface area contributed by atoms with Crippen LogP contribution in [0.3, 0.4) is 0 Å². The maximum atomic E-state index is 12.1. The minimum absolute atomic E-state index is 0.0574. The number of aromatic hydroxyl groups is 1. The van der Waals surface area contributed by atoms with Crippen LogP contribution in [-0.4, -0.2) is 21.7 Å². The van der Waals surface area contributed by atoms with E-state index in [2.05, 4.69) is 4.98 Å². The zero-order valence-electron chi connectivity index (χ0n) is 13.7. The number of ether oxygens (including phenoxy) is 1. The number of carbonyl (C=O) groups is 2. The van der Waals surface area contributed by atoms with Gasteiger partial charge in [0, 0.05) is 18.9 Å². The van der Waals surface area contributed by atoms with Crippen molar-refractivity contribution in [3.05, 3.63) is 48.3 Å². The second-order valence-corrected chi connectivity index (χ2v) is 5.64. The second kappa shape index (κ2) is 8.82. The first-order valence-corrected chi connectivity index (χ1v) is 8.01. The summed E-state index contributed by atoms with van der Waals surface area (Å²) in [5.41, 5.74) is 0.0574. The lowest BCUT2D eigenvalue weighted by atomic mass is 10.1. The molecule has 1 heterocycles. The monoisotopic (exact) mass is 327 g/mol. The summed E-state index contributed by atoms with van der Waals surface area (Å²) in [6.45, 7) is 1.56. The quantitative estimate of drug-likeness (QED) is 0.549. The second-order valence-electron chi connectivity index (χ2n) is 5.64. The van der Waals surface area contributed by atoms with Crippen LogP contribution in [0.1, 0.15) is 49.5 Å². The van der Waals surface area contributed by atoms with Gasteiger partial charge in [-0.2, -0.15) is 0 Å². The van der Waals surface area contributed by atoms with Crippen molar-refractivity contribution in [3.63, 3.8) is 0 Å². The third kappa shape index (κ3) is 5.50. The van der Waals surface area contributed by atoms with Crippen LogP contribution >= 0.6 is 0 Å². The Kier molecular flexibility index (Phi) is 6.49. The molecule has 0 bridgehead atoms. The van der Waals surface area contributed by atoms with Crippen molar-refractivity contribution in [1.82, 2.24) is 4.98 Å². The van der Waals surface area contributed by atoms with Crippen LogP contribution < -0.4 is 4.74 Å². The molecule has 5 nitrogen and oxygen atoms in total. The Morgan fingerprint density at radius 1 is 1.04 bits per heavy atom. The van der Waals surface area contributed by atoms with Crippen LogP contribution in [0, 0.1) is 0 Å². The number of nitrogens with zero attached hydrogens (tertiary/aromatic N) is 1. The normalized spacial score (nSPS) is 10.4. The van der Waals surface area contributed by atoms with Crippen molar-refractivity contribution in [1.29, 1.82) is 0 Å². The van der Waals surface area contributed by atoms with Crippen LogP contribution in [0.5, 0.6) is 17.2 Å². The Bertz CT molecular complexity index is 698. The van der Waals surface area contributed by atoms with E-state index in [0.29, 0.717) is 30.8 Å². The van der Waals surface area contributed by atoms with E-state index in [0.717, 1.165) is 12.8 Å². The predicted molar refractivity (Wildman–Crippen MR) is 90.5 cm³/mol. The summed E-state index contributed by atoms with van der Waals surface area (Å²) in [6, 6.07) is 10.5. The topological polar surface area (TPSA) is 76.5 Å². The van der Waals surface area contributed by atoms with Gasteiger partial charge in [-0.05, 0) is 31.9 Å². The summed E-state index contributed by atoms with van der Waals surface area (Å²) in [7, 11) is 0. The maximum Gasteiger partial charge on any atom is 0.184 e. The number of unbranched alkanes of at least 4 members (excludes halogenated alkanes) is 2. The van der Waals surface area contributed by atoms with Gasteiger partial charge in [-0.25, -0.2) is 4.98 Å². The average molecular weight is 327 g/mol. The zero-order chi connectivity index (χ0) is 17.4. The summed E-state index contributed by atoms with van der Waals surface area (Å²) in [5, 5.41) is 10.0. The maximum absolute atomic E-state index is 12.1. The molecule has 0 aliphatic heterocycles. The van der Waals surface area contributed by atoms with Gasteiger partial charge in [0.2, 0.25) is 0 Å². The molecule has 1 aromatic carbocycles. The van der Waals surface area contributed by atoms with Gasteiger partial charge in [-0.15, -0.1) is 0 Å². The predicted octanol–water partition coefficient (Wildman–Crippen LogP) is 4.30. The Hall–Kier alpha value is -2.69. The standard InChI is InChI=1S/C19H21NO4/c1-14(21)8-4-2-7-11-17(22)19-18(23)12-16(13-20-19)24-15-9-5-3-6-10-15/h3,5-6,9-10,12-13,23H,2,4,7-8,11H2,1H3. The molecule has 1 N–H and O–H groups in total. The average Bonchev–Trinajstić information content (AvgIpc) is 2.55. The molecule has 0 atom stereocenters. The lowest BCUT2D eigenvalue weighted by molar-refractivity contribution is -0.117. The molecule has 0 spiro atoms. The molecule has 2 rings (SSSR count). The van der Waals surface area contributed by atoms with Crippen LogP contribution in [0.2, 0.25) is 0 Å². The highest BCUT2D eigenvalue weighted by atomic mass is 16.5. The highest BCUT2D eigenvalue weighted by Crippen LogP contribution is 2.26. The fourth-order valence-electron chi connectivity index (χ4n) is 2.28. The van der Waals surface area contributed by atoms with Crippen LogP contribution in [0.25, 0.3) is 0 Å². The number of para-hydroxylation sites is 1. The number of benzene rings is 1. The van der Waals surface area contributed by atoms with Crippen molar-refractivity contribution in [2.75, 3.05) is 0 Å². The van der Waals surface area contributed by atoms with Gasteiger partial charge < -0.3 is 14.6 Å². The van der Waals surface area contributed by atoms with Crippen molar-refractivity contribution in [2.24, 2.45) is 0 Å². The number of ketones is 2. The first-order valence-electron chi connectivity index (χ1n) is 8.01. The number of aromatic nitrogens is 1. The molecule has 126 valence electrons. The lowest BCUT2D eigenvalue weighted by Gasteiger charge is -2.08. The molecule has 0 aliphatic rings. The van der Waals surface area contributed by atoms with E-state index in [1.54, 1.807) is 19.1 Å². The summed E-state index contributed by atoms with van der Waals surface area (Å²) < 4.78 is 5.56. The van der Waals surface area contributed by atoms with Gasteiger partial charge in [0.15, 0.2) is 5.78 Å². The van der Waals surface area contributed by atoms with Crippen molar-refractivity contribution >= 4 is 11.6 Å². The van der Waals surface area contributed by atoms with Crippen LogP contribution in [0.4, 0.5) is 0 Å². The molecule has 0 radical (unpaired) electrons. The highest BCUT2D eigenvalue weighted by Gasteiger charge is 2.14. The van der Waals surface area contributed by atoms with Gasteiger partial charge in [-0.3, -0.25) is 4.79 Å². The van der Waals surface area contributed by atoms with E-state index >= 15 is 0 Å². The molecular formula is C19H21NO4. The molecule has 5 heteroatoms. The fourth-order valence-corrected chi connectivity index (χ4v) is 2.28. The minimum atomic E-state index is -0.207. The molecule has 0 aliphatic carbocycles. The first kappa shape index (κ1) is 17.7. The van der Waals surface area contributed by atoms with Gasteiger partial charge in [-0.1, -0.05) is 24.6 Å². The van der Waals surface area contributed by atoms with E-state index < -0.39 is 0 Å². The van der Waals surface area contributed by atoms with Crippen molar-refractivity contribution in [3.8, 4) is 17.2 Å². The van der Waals surface area contributed by atoms with Crippen LogP contribution in [0.15, 0.2) is 42.6 Å². The number of rotatable bonds is 9. The Morgan fingerprint density at radius 3 is 2.42 bits per heavy atom. The molecule has 0 fully saturated rings. The smallest absolute Gasteiger partial charge is 0.184 e. The van der Waals surface area contributed by atoms with Gasteiger partial charge in [0.25, 0.3) is 0 Å². The lowest BCUT2D eigenvalue weighted by Crippen LogP contribution is -2.03. The minimum Gasteiger partial charge on any atom is -0.505 e. The van der Waals surface area contributed by atoms with E-state index in [-0.39, 0.29) is 23.0 Å². The summed E-state index contributed by atoms with van der Waals surface area (Å²) in [4.78, 5) is 27.0. The van der Waals surface area contributed by atoms with Gasteiger partial charge >= 0.3 is 0 Å². The van der Waals surface area contributed by atoms with E-state index in [1.165, 1.54) is 12.3 Å². The third-order valence-corrected chi connectivity index (χ3v) is 3.52. The Balaban J connectivity index is 1.89. The summed E-state index contributed by atoms with van der Waals surface area (Å²) in [5.74, 6) is 0.772. The first-order chi connectivity index (χ1) is 11.6. The summed E-state index contributed by atoms with van der Waals surface area (Å²) in [6.07, 6.45) is 4.54. The highest BCUT2D eigenvalue weighted by molar-refractivity contribution is 5.96. The molecule has 0 saturated heterocycles. The molecule has 1 aromatic heterocycles. The molecule has 0 saturated carbocycles. The number of carbonyl (C=O) groups excluding carboxylic acids is 2. The molecule has 0 amide bonds. The Morgan fingerprint density at radius 2 is 1.75 bits per heavy atom. The summed E-state index contributed by atoms with van der Waals surface area (Å²) >= 11 is 0. The molecule has 0 unspecified atom stereocenters. The number of pyridine rings is 1. The van der Waals surface area contributed by atoms with E-state index in [4.69, 9.17) is 4.74 Å². The fraction of sp³-hybridized carbons (Fsp3) is 0.316. The number of hydrogen-bond acceptors (Lipinski definition) is 5. The number of hydrogen-bond donors (Lipinski definition) is 1. The van der Waals surface area contributed by atoms with Crippen molar-refractivity contribution in [2.45, 2.75) is 39.0 Å². The van der Waals surface area contributed by atoms with Crippen LogP contribution in [-0.2, 0) is 4.79 Å². The van der Waals surface area contributed by atoms with Crippen molar-refractivity contribution < 1.29 is 19.4 Å². The van der Waals surface area contributed by atoms with E-state index in [9.17, 15) is 14.7 Å². The molecular weight excluding hydrogens is 306 g/mol.